The van der Waals surface area contributed by atoms with E-state index in [9.17, 15) is 13.2 Å². The van der Waals surface area contributed by atoms with Crippen LogP contribution in [0.4, 0.5) is 0 Å². The molecule has 1 aliphatic rings. The highest BCUT2D eigenvalue weighted by Gasteiger charge is 2.30. The van der Waals surface area contributed by atoms with Crippen LogP contribution in [0.15, 0.2) is 51.1 Å². The van der Waals surface area contributed by atoms with Gasteiger partial charge in [0.2, 0.25) is 5.91 Å². The number of carbonyl (C=O) groups is 1. The normalized spacial score (nSPS) is 16.2. The van der Waals surface area contributed by atoms with Gasteiger partial charge in [-0.05, 0) is 23.6 Å². The van der Waals surface area contributed by atoms with Crippen LogP contribution < -0.4 is 0 Å². The third kappa shape index (κ3) is 3.97. The molecule has 2 aromatic rings. The molecule has 0 radical (unpaired) electrons. The summed E-state index contributed by atoms with van der Waals surface area (Å²) in [5.41, 5.74) is 0. The van der Waals surface area contributed by atoms with Crippen LogP contribution >= 0.6 is 23.1 Å². The van der Waals surface area contributed by atoms with E-state index >= 15 is 0 Å². The Morgan fingerprint density at radius 1 is 1.17 bits per heavy atom. The van der Waals surface area contributed by atoms with E-state index in [-0.39, 0.29) is 5.91 Å². The van der Waals surface area contributed by atoms with Gasteiger partial charge in [0.1, 0.15) is 4.21 Å². The van der Waals surface area contributed by atoms with Crippen molar-refractivity contribution in [2.24, 2.45) is 0 Å². The molecule has 0 unspecified atom stereocenters. The van der Waals surface area contributed by atoms with Crippen LogP contribution in [0.2, 0.25) is 0 Å². The second kappa shape index (κ2) is 7.64. The zero-order valence-corrected chi connectivity index (χ0v) is 15.3. The van der Waals surface area contributed by atoms with Crippen molar-refractivity contribution < 1.29 is 13.2 Å². The lowest BCUT2D eigenvalue weighted by atomic mass is 10.3. The van der Waals surface area contributed by atoms with E-state index in [1.807, 2.05) is 12.1 Å². The molecule has 128 valence electrons. The van der Waals surface area contributed by atoms with Crippen molar-refractivity contribution in [3.05, 3.63) is 42.0 Å². The molecule has 0 aromatic carbocycles. The number of carbonyl (C=O) groups excluding carboxylic acids is 1. The number of hydrogen-bond acceptors (Lipinski definition) is 6. The summed E-state index contributed by atoms with van der Waals surface area (Å²) in [5, 5.41) is 1.75. The molecule has 1 aliphatic heterocycles. The van der Waals surface area contributed by atoms with E-state index in [0.717, 1.165) is 4.90 Å². The van der Waals surface area contributed by atoms with Gasteiger partial charge in [-0.1, -0.05) is 6.07 Å². The first-order valence-electron chi connectivity index (χ1n) is 7.41. The van der Waals surface area contributed by atoms with Crippen molar-refractivity contribution in [1.82, 2.24) is 14.2 Å². The first-order valence-corrected chi connectivity index (χ1v) is 10.7. The van der Waals surface area contributed by atoms with E-state index in [0.29, 0.717) is 36.1 Å². The number of thioether (sulfide) groups is 1. The Morgan fingerprint density at radius 2 is 1.88 bits per heavy atom. The first kappa shape index (κ1) is 17.4. The second-order valence-corrected chi connectivity index (χ2v) is 9.35. The van der Waals surface area contributed by atoms with Crippen molar-refractivity contribution >= 4 is 39.0 Å². The molecule has 0 atom stereocenters. The van der Waals surface area contributed by atoms with Gasteiger partial charge in [0, 0.05) is 43.5 Å². The summed E-state index contributed by atoms with van der Waals surface area (Å²) in [6.45, 7) is 1.54. The fourth-order valence-corrected chi connectivity index (χ4v) is 5.74. The lowest BCUT2D eigenvalue weighted by Crippen LogP contribution is -2.50. The van der Waals surface area contributed by atoms with E-state index in [1.165, 1.54) is 27.4 Å². The van der Waals surface area contributed by atoms with Crippen molar-refractivity contribution in [3.63, 3.8) is 0 Å². The number of hydrogen-bond donors (Lipinski definition) is 0. The molecule has 1 amide bonds. The third-order valence-corrected chi connectivity index (χ3v) is 7.96. The molecule has 9 heteroatoms. The fraction of sp³-hybridized carbons (Fsp3) is 0.333. The van der Waals surface area contributed by atoms with Crippen molar-refractivity contribution in [2.45, 2.75) is 9.10 Å². The van der Waals surface area contributed by atoms with E-state index in [4.69, 9.17) is 0 Å². The van der Waals surface area contributed by atoms with Gasteiger partial charge in [-0.2, -0.15) is 4.31 Å². The highest BCUT2D eigenvalue weighted by atomic mass is 32.2. The van der Waals surface area contributed by atoms with Gasteiger partial charge in [-0.25, -0.2) is 8.42 Å². The number of rotatable bonds is 5. The Bertz CT molecular complexity index is 771. The van der Waals surface area contributed by atoms with Gasteiger partial charge in [0.25, 0.3) is 10.0 Å². The van der Waals surface area contributed by atoms with Crippen LogP contribution in [-0.2, 0) is 14.8 Å². The number of sulfonamides is 1. The number of aromatic nitrogens is 1. The highest BCUT2D eigenvalue weighted by Crippen LogP contribution is 2.22. The van der Waals surface area contributed by atoms with Crippen LogP contribution in [0.25, 0.3) is 0 Å². The van der Waals surface area contributed by atoms with Crippen LogP contribution in [-0.4, -0.2) is 60.4 Å². The summed E-state index contributed by atoms with van der Waals surface area (Å²) >= 11 is 2.68. The number of amides is 1. The molecule has 0 bridgehead atoms. The van der Waals surface area contributed by atoms with Crippen LogP contribution in [0.1, 0.15) is 0 Å². The fourth-order valence-electron chi connectivity index (χ4n) is 2.39. The number of pyridine rings is 1. The van der Waals surface area contributed by atoms with E-state index in [1.54, 1.807) is 34.8 Å². The van der Waals surface area contributed by atoms with E-state index < -0.39 is 10.0 Å². The van der Waals surface area contributed by atoms with Gasteiger partial charge in [0.15, 0.2) is 0 Å². The molecule has 1 fully saturated rings. The maximum atomic E-state index is 12.5. The SMILES string of the molecule is O=C(CSc1ccncc1)N1CCN(S(=O)(=O)c2cccs2)CC1. The standard InChI is InChI=1S/C15H17N3O3S3/c19-14(12-23-13-3-5-16-6-4-13)17-7-9-18(10-8-17)24(20,21)15-2-1-11-22-15/h1-6,11H,7-10,12H2. The van der Waals surface area contributed by atoms with Crippen LogP contribution in [0, 0.1) is 0 Å². The lowest BCUT2D eigenvalue weighted by Gasteiger charge is -2.33. The largest absolute Gasteiger partial charge is 0.339 e. The molecular weight excluding hydrogens is 366 g/mol. The highest BCUT2D eigenvalue weighted by molar-refractivity contribution is 8.00. The Morgan fingerprint density at radius 3 is 2.50 bits per heavy atom. The molecule has 0 aliphatic carbocycles. The Kier molecular flexibility index (Phi) is 5.54. The summed E-state index contributed by atoms with van der Waals surface area (Å²) in [5.74, 6) is 0.381. The molecule has 0 N–H and O–H groups in total. The number of thiophene rings is 1. The first-order chi connectivity index (χ1) is 11.6. The second-order valence-electron chi connectivity index (χ2n) is 5.19. The smallest absolute Gasteiger partial charge is 0.252 e. The Balaban J connectivity index is 1.52. The predicted octanol–water partition coefficient (Wildman–Crippen LogP) is 1.77. The summed E-state index contributed by atoms with van der Waals surface area (Å²) in [6, 6.07) is 7.07. The van der Waals surface area contributed by atoms with Crippen LogP contribution in [0.3, 0.4) is 0 Å². The zero-order valence-electron chi connectivity index (χ0n) is 12.9. The van der Waals surface area contributed by atoms with Crippen molar-refractivity contribution in [2.75, 3.05) is 31.9 Å². The monoisotopic (exact) mass is 383 g/mol. The molecule has 0 saturated carbocycles. The lowest BCUT2D eigenvalue weighted by molar-refractivity contribution is -0.129. The predicted molar refractivity (Wildman–Crippen MR) is 94.6 cm³/mol. The quantitative estimate of drug-likeness (QED) is 0.736. The van der Waals surface area contributed by atoms with E-state index in [2.05, 4.69) is 4.98 Å². The molecule has 0 spiro atoms. The molecule has 1 saturated heterocycles. The maximum absolute atomic E-state index is 12.5. The average molecular weight is 384 g/mol. The van der Waals surface area contributed by atoms with Gasteiger partial charge < -0.3 is 4.90 Å². The van der Waals surface area contributed by atoms with Crippen molar-refractivity contribution in [1.29, 1.82) is 0 Å². The molecule has 6 nitrogen and oxygen atoms in total. The summed E-state index contributed by atoms with van der Waals surface area (Å²) < 4.78 is 26.7. The number of nitrogens with zero attached hydrogens (tertiary/aromatic N) is 3. The van der Waals surface area contributed by atoms with Gasteiger partial charge in [-0.15, -0.1) is 23.1 Å². The molecule has 24 heavy (non-hydrogen) atoms. The van der Waals surface area contributed by atoms with Gasteiger partial charge in [-0.3, -0.25) is 9.78 Å². The van der Waals surface area contributed by atoms with Crippen molar-refractivity contribution in [3.8, 4) is 0 Å². The topological polar surface area (TPSA) is 70.6 Å². The summed E-state index contributed by atoms with van der Waals surface area (Å²) in [6.07, 6.45) is 3.39. The minimum absolute atomic E-state index is 0.0324. The average Bonchev–Trinajstić information content (AvgIpc) is 3.16. The molecule has 2 aromatic heterocycles. The molecule has 3 heterocycles. The zero-order chi connectivity index (χ0) is 17.0. The maximum Gasteiger partial charge on any atom is 0.252 e. The Labute approximate surface area is 149 Å². The van der Waals surface area contributed by atoms with Gasteiger partial charge in [0.05, 0.1) is 5.75 Å². The van der Waals surface area contributed by atoms with Crippen LogP contribution in [0.5, 0.6) is 0 Å². The summed E-state index contributed by atoms with van der Waals surface area (Å²) in [7, 11) is -3.42. The molecular formula is C15H17N3O3S3. The minimum atomic E-state index is -3.42. The third-order valence-electron chi connectivity index (χ3n) is 3.69. The summed E-state index contributed by atoms with van der Waals surface area (Å²) in [4.78, 5) is 19.0. The number of piperazine rings is 1. The Hall–Kier alpha value is -1.42. The minimum Gasteiger partial charge on any atom is -0.339 e. The van der Waals surface area contributed by atoms with Gasteiger partial charge >= 0.3 is 0 Å². The molecule has 3 rings (SSSR count).